The van der Waals surface area contributed by atoms with Crippen molar-refractivity contribution in [3.63, 3.8) is 0 Å². The predicted octanol–water partition coefficient (Wildman–Crippen LogP) is 2.47. The van der Waals surface area contributed by atoms with Crippen LogP contribution in [0.15, 0.2) is 18.3 Å². The van der Waals surface area contributed by atoms with E-state index in [1.807, 2.05) is 6.20 Å². The Hall–Kier alpha value is -1.13. The smallest absolute Gasteiger partial charge is 0.133 e. The van der Waals surface area contributed by atoms with Crippen molar-refractivity contribution in [1.82, 2.24) is 9.88 Å². The van der Waals surface area contributed by atoms with Gasteiger partial charge in [-0.1, -0.05) is 19.4 Å². The number of aromatic nitrogens is 1. The summed E-state index contributed by atoms with van der Waals surface area (Å²) in [6.45, 7) is 8.17. The number of hydrogen-bond donors (Lipinski definition) is 0. The molecule has 4 nitrogen and oxygen atoms in total. The normalized spacial score (nSPS) is 24.9. The molecule has 0 bridgehead atoms. The van der Waals surface area contributed by atoms with Gasteiger partial charge >= 0.3 is 0 Å². The Labute approximate surface area is 121 Å². The lowest BCUT2D eigenvalue weighted by Gasteiger charge is -2.38. The van der Waals surface area contributed by atoms with E-state index in [0.717, 1.165) is 32.8 Å². The molecule has 2 saturated heterocycles. The highest BCUT2D eigenvalue weighted by Crippen LogP contribution is 2.35. The molecule has 110 valence electrons. The Bertz CT molecular complexity index is 431. The van der Waals surface area contributed by atoms with Gasteiger partial charge in [0.1, 0.15) is 5.82 Å². The quantitative estimate of drug-likeness (QED) is 0.847. The molecule has 3 heterocycles. The zero-order valence-corrected chi connectivity index (χ0v) is 12.4. The van der Waals surface area contributed by atoms with E-state index >= 15 is 0 Å². The van der Waals surface area contributed by atoms with Crippen LogP contribution in [0, 0.1) is 0 Å². The van der Waals surface area contributed by atoms with E-state index in [0.29, 0.717) is 6.04 Å². The summed E-state index contributed by atoms with van der Waals surface area (Å²) in [6, 6.07) is 4.90. The molecule has 3 rings (SSSR count). The Morgan fingerprint density at radius 2 is 2.10 bits per heavy atom. The molecule has 1 aromatic heterocycles. The molecule has 0 aliphatic carbocycles. The van der Waals surface area contributed by atoms with Crippen molar-refractivity contribution < 1.29 is 4.74 Å². The second-order valence-corrected chi connectivity index (χ2v) is 5.66. The van der Waals surface area contributed by atoms with E-state index in [1.54, 1.807) is 0 Å². The van der Waals surface area contributed by atoms with Gasteiger partial charge in [0.25, 0.3) is 0 Å². The highest BCUT2D eigenvalue weighted by molar-refractivity contribution is 5.49. The average molecular weight is 275 g/mol. The second kappa shape index (κ2) is 6.55. The van der Waals surface area contributed by atoms with Crippen molar-refractivity contribution in [2.45, 2.75) is 32.2 Å². The third-order valence-electron chi connectivity index (χ3n) is 4.51. The number of likely N-dealkylation sites (tertiary alicyclic amines) is 1. The van der Waals surface area contributed by atoms with Crippen molar-refractivity contribution in [2.24, 2.45) is 0 Å². The molecular formula is C16H25N3O. The summed E-state index contributed by atoms with van der Waals surface area (Å²) in [5.74, 6) is 1.18. The number of nitrogens with zero attached hydrogens (tertiary/aromatic N) is 3. The summed E-state index contributed by atoms with van der Waals surface area (Å²) in [4.78, 5) is 9.68. The van der Waals surface area contributed by atoms with Crippen molar-refractivity contribution in [3.05, 3.63) is 23.9 Å². The molecule has 0 aromatic carbocycles. The van der Waals surface area contributed by atoms with Crippen LogP contribution in [-0.4, -0.2) is 49.3 Å². The van der Waals surface area contributed by atoms with E-state index < -0.39 is 0 Å². The first-order valence-corrected chi connectivity index (χ1v) is 7.92. The third kappa shape index (κ3) is 2.81. The van der Waals surface area contributed by atoms with E-state index in [9.17, 15) is 0 Å². The fourth-order valence-corrected chi connectivity index (χ4v) is 3.43. The van der Waals surface area contributed by atoms with Crippen LogP contribution in [0.25, 0.3) is 0 Å². The van der Waals surface area contributed by atoms with Gasteiger partial charge in [0.05, 0.1) is 13.2 Å². The van der Waals surface area contributed by atoms with Gasteiger partial charge in [-0.25, -0.2) is 4.98 Å². The van der Waals surface area contributed by atoms with Crippen molar-refractivity contribution in [1.29, 1.82) is 0 Å². The van der Waals surface area contributed by atoms with Crippen LogP contribution in [-0.2, 0) is 4.74 Å². The lowest BCUT2D eigenvalue weighted by atomic mass is 9.95. The van der Waals surface area contributed by atoms with Crippen LogP contribution in [0.5, 0.6) is 0 Å². The second-order valence-electron chi connectivity index (χ2n) is 5.66. The van der Waals surface area contributed by atoms with E-state index in [4.69, 9.17) is 9.72 Å². The highest BCUT2D eigenvalue weighted by atomic mass is 16.5. The summed E-state index contributed by atoms with van der Waals surface area (Å²) >= 11 is 0. The number of hydrogen-bond acceptors (Lipinski definition) is 4. The maximum atomic E-state index is 5.47. The van der Waals surface area contributed by atoms with Crippen LogP contribution in [0.4, 0.5) is 5.82 Å². The largest absolute Gasteiger partial charge is 0.378 e. The van der Waals surface area contributed by atoms with Gasteiger partial charge in [0.2, 0.25) is 0 Å². The van der Waals surface area contributed by atoms with Crippen LogP contribution < -0.4 is 4.90 Å². The number of pyridine rings is 1. The van der Waals surface area contributed by atoms with Crippen molar-refractivity contribution in [3.8, 4) is 0 Å². The molecule has 2 fully saturated rings. The Kier molecular flexibility index (Phi) is 4.53. The van der Waals surface area contributed by atoms with Gasteiger partial charge in [0.15, 0.2) is 0 Å². The lowest BCUT2D eigenvalue weighted by molar-refractivity contribution is 0.121. The number of morpholine rings is 1. The predicted molar refractivity (Wildman–Crippen MR) is 81.1 cm³/mol. The van der Waals surface area contributed by atoms with Crippen LogP contribution >= 0.6 is 0 Å². The Balaban J connectivity index is 1.87. The summed E-state index contributed by atoms with van der Waals surface area (Å²) in [5, 5.41) is 0. The third-order valence-corrected chi connectivity index (χ3v) is 4.51. The molecular weight excluding hydrogens is 250 g/mol. The molecule has 1 aromatic rings. The van der Waals surface area contributed by atoms with Crippen LogP contribution in [0.1, 0.15) is 37.8 Å². The summed E-state index contributed by atoms with van der Waals surface area (Å²) < 4.78 is 5.47. The molecule has 0 spiro atoms. The zero-order chi connectivity index (χ0) is 13.8. The number of piperidine rings is 1. The van der Waals surface area contributed by atoms with Crippen molar-refractivity contribution >= 4 is 5.82 Å². The first-order chi connectivity index (χ1) is 9.90. The minimum atomic E-state index is 0.542. The number of ether oxygens (including phenoxy) is 1. The molecule has 0 saturated carbocycles. The molecule has 0 radical (unpaired) electrons. The first kappa shape index (κ1) is 13.8. The van der Waals surface area contributed by atoms with E-state index in [-0.39, 0.29) is 0 Å². The summed E-state index contributed by atoms with van der Waals surface area (Å²) in [6.07, 6.45) is 5.85. The average Bonchev–Trinajstić information content (AvgIpc) is 2.55. The van der Waals surface area contributed by atoms with Gasteiger partial charge < -0.3 is 9.64 Å². The molecule has 1 atom stereocenters. The topological polar surface area (TPSA) is 28.6 Å². The highest BCUT2D eigenvalue weighted by Gasteiger charge is 2.27. The fraction of sp³-hybridized carbons (Fsp3) is 0.688. The molecule has 20 heavy (non-hydrogen) atoms. The van der Waals surface area contributed by atoms with Gasteiger partial charge in [-0.15, -0.1) is 0 Å². The number of anilines is 1. The zero-order valence-electron chi connectivity index (χ0n) is 12.4. The van der Waals surface area contributed by atoms with Gasteiger partial charge in [-0.2, -0.15) is 0 Å². The maximum Gasteiger partial charge on any atom is 0.133 e. The first-order valence-electron chi connectivity index (χ1n) is 7.92. The van der Waals surface area contributed by atoms with E-state index in [2.05, 4.69) is 28.9 Å². The number of rotatable bonds is 3. The molecule has 0 N–H and O–H groups in total. The lowest BCUT2D eigenvalue weighted by Crippen LogP contribution is -2.39. The Morgan fingerprint density at radius 1 is 1.25 bits per heavy atom. The van der Waals surface area contributed by atoms with Crippen LogP contribution in [0.3, 0.4) is 0 Å². The molecule has 2 aliphatic heterocycles. The minimum absolute atomic E-state index is 0.542. The van der Waals surface area contributed by atoms with Crippen LogP contribution in [0.2, 0.25) is 0 Å². The van der Waals surface area contributed by atoms with E-state index in [1.165, 1.54) is 37.2 Å². The van der Waals surface area contributed by atoms with Gasteiger partial charge in [0, 0.05) is 30.9 Å². The maximum absolute atomic E-state index is 5.47. The monoisotopic (exact) mass is 275 g/mol. The fourth-order valence-electron chi connectivity index (χ4n) is 3.43. The minimum Gasteiger partial charge on any atom is -0.378 e. The van der Waals surface area contributed by atoms with Crippen molar-refractivity contribution in [2.75, 3.05) is 44.3 Å². The summed E-state index contributed by atoms with van der Waals surface area (Å²) in [7, 11) is 0. The van der Waals surface area contributed by atoms with Gasteiger partial charge in [-0.3, -0.25) is 4.90 Å². The molecule has 2 aliphatic rings. The molecule has 0 unspecified atom stereocenters. The Morgan fingerprint density at radius 3 is 2.90 bits per heavy atom. The molecule has 4 heteroatoms. The standard InChI is InChI=1S/C16H25N3O/c1-2-18-9-4-3-7-15(18)14-6-5-8-17-16(14)19-10-12-20-13-11-19/h5-6,8,15H,2-4,7,9-13H2,1H3/t15-/m0/s1. The van der Waals surface area contributed by atoms with Gasteiger partial charge in [-0.05, 0) is 32.0 Å². The SMILES string of the molecule is CCN1CCCC[C@H]1c1cccnc1N1CCOCC1. The summed E-state index contributed by atoms with van der Waals surface area (Å²) in [5.41, 5.74) is 1.41. The molecule has 0 amide bonds.